The molecule has 112 valence electrons. The van der Waals surface area contributed by atoms with Crippen molar-refractivity contribution >= 4 is 21.6 Å². The monoisotopic (exact) mass is 320 g/mol. The molecule has 0 radical (unpaired) electrons. The summed E-state index contributed by atoms with van der Waals surface area (Å²) in [7, 11) is -1.90. The summed E-state index contributed by atoms with van der Waals surface area (Å²) < 4.78 is 40.3. The fraction of sp³-hybridized carbons (Fsp3) is 0.538. The maximum atomic E-state index is 13.4. The van der Waals surface area contributed by atoms with E-state index in [0.717, 1.165) is 18.9 Å². The molecule has 7 heteroatoms. The van der Waals surface area contributed by atoms with Crippen molar-refractivity contribution in [2.75, 3.05) is 20.1 Å². The van der Waals surface area contributed by atoms with Crippen LogP contribution >= 0.6 is 11.6 Å². The standard InChI is InChI=1S/C13H18ClFN2O2S/c1-9-6-13(11(14)7-12(9)15)20(18,19)17-5-3-4-10(17)8-16-2/h6-7,10,16H,3-5,8H2,1-2H3/t10-/m0/s1. The average molecular weight is 321 g/mol. The molecular weight excluding hydrogens is 303 g/mol. The molecule has 1 aromatic carbocycles. The number of hydrogen-bond donors (Lipinski definition) is 1. The van der Waals surface area contributed by atoms with Crippen LogP contribution in [0.4, 0.5) is 4.39 Å². The molecule has 1 atom stereocenters. The van der Waals surface area contributed by atoms with E-state index in [-0.39, 0.29) is 21.5 Å². The van der Waals surface area contributed by atoms with E-state index < -0.39 is 15.8 Å². The average Bonchev–Trinajstić information content (AvgIpc) is 2.83. The summed E-state index contributed by atoms with van der Waals surface area (Å²) >= 11 is 5.93. The Bertz CT molecular complexity index is 607. The van der Waals surface area contributed by atoms with Gasteiger partial charge in [0, 0.05) is 19.1 Å². The van der Waals surface area contributed by atoms with Crippen LogP contribution in [0.25, 0.3) is 0 Å². The summed E-state index contributed by atoms with van der Waals surface area (Å²) in [5.74, 6) is -0.498. The molecule has 1 aliphatic heterocycles. The van der Waals surface area contributed by atoms with Gasteiger partial charge in [0.25, 0.3) is 0 Å². The van der Waals surface area contributed by atoms with Crippen molar-refractivity contribution in [3.05, 3.63) is 28.5 Å². The molecule has 0 aliphatic carbocycles. The first-order chi connectivity index (χ1) is 9.37. The second kappa shape index (κ2) is 5.97. The second-order valence-electron chi connectivity index (χ2n) is 5.00. The lowest BCUT2D eigenvalue weighted by atomic mass is 10.2. The number of hydrogen-bond acceptors (Lipinski definition) is 3. The number of benzene rings is 1. The minimum atomic E-state index is -3.69. The predicted molar refractivity (Wildman–Crippen MR) is 77.0 cm³/mol. The van der Waals surface area contributed by atoms with Crippen molar-refractivity contribution in [3.63, 3.8) is 0 Å². The van der Waals surface area contributed by atoms with Gasteiger partial charge in [-0.2, -0.15) is 4.31 Å². The van der Waals surface area contributed by atoms with E-state index in [1.54, 1.807) is 7.05 Å². The number of nitrogens with one attached hydrogen (secondary N) is 1. The molecule has 2 rings (SSSR count). The summed E-state index contributed by atoms with van der Waals surface area (Å²) in [5.41, 5.74) is 0.275. The third-order valence-electron chi connectivity index (χ3n) is 3.56. The molecule has 1 aliphatic rings. The first-order valence-corrected chi connectivity index (χ1v) is 8.32. The Hall–Kier alpha value is -0.690. The Morgan fingerprint density at radius 3 is 2.85 bits per heavy atom. The quantitative estimate of drug-likeness (QED) is 0.925. The highest BCUT2D eigenvalue weighted by Crippen LogP contribution is 2.31. The van der Waals surface area contributed by atoms with Crippen LogP contribution < -0.4 is 5.32 Å². The highest BCUT2D eigenvalue weighted by Gasteiger charge is 2.36. The van der Waals surface area contributed by atoms with E-state index >= 15 is 0 Å². The molecule has 0 unspecified atom stereocenters. The molecule has 1 N–H and O–H groups in total. The fourth-order valence-electron chi connectivity index (χ4n) is 2.52. The minimum Gasteiger partial charge on any atom is -0.318 e. The Balaban J connectivity index is 2.42. The molecule has 1 aromatic rings. The predicted octanol–water partition coefficient (Wildman–Crippen LogP) is 2.16. The van der Waals surface area contributed by atoms with Crippen molar-refractivity contribution in [1.29, 1.82) is 0 Å². The largest absolute Gasteiger partial charge is 0.318 e. The van der Waals surface area contributed by atoms with Gasteiger partial charge in [-0.1, -0.05) is 11.6 Å². The van der Waals surface area contributed by atoms with Gasteiger partial charge < -0.3 is 5.32 Å². The van der Waals surface area contributed by atoms with E-state index in [1.807, 2.05) is 0 Å². The van der Waals surface area contributed by atoms with Crippen molar-refractivity contribution < 1.29 is 12.8 Å². The molecule has 0 spiro atoms. The summed E-state index contributed by atoms with van der Waals surface area (Å²) in [6.07, 6.45) is 1.64. The molecule has 20 heavy (non-hydrogen) atoms. The highest BCUT2D eigenvalue weighted by molar-refractivity contribution is 7.89. The number of nitrogens with zero attached hydrogens (tertiary/aromatic N) is 1. The normalized spacial score (nSPS) is 20.5. The smallest absolute Gasteiger partial charge is 0.244 e. The number of likely N-dealkylation sites (N-methyl/N-ethyl adjacent to an activating group) is 1. The number of aryl methyl sites for hydroxylation is 1. The van der Waals surface area contributed by atoms with Gasteiger partial charge in [0.15, 0.2) is 0 Å². The Labute approximate surface area is 124 Å². The van der Waals surface area contributed by atoms with Crippen molar-refractivity contribution in [2.45, 2.75) is 30.7 Å². The van der Waals surface area contributed by atoms with Crippen molar-refractivity contribution in [3.8, 4) is 0 Å². The summed E-state index contributed by atoms with van der Waals surface area (Å²) in [4.78, 5) is -0.0129. The second-order valence-corrected chi connectivity index (χ2v) is 7.27. The van der Waals surface area contributed by atoms with E-state index in [9.17, 15) is 12.8 Å². The molecule has 4 nitrogen and oxygen atoms in total. The molecule has 0 aromatic heterocycles. The van der Waals surface area contributed by atoms with Crippen LogP contribution in [-0.2, 0) is 10.0 Å². The van der Waals surface area contributed by atoms with Gasteiger partial charge in [0.2, 0.25) is 10.0 Å². The van der Waals surface area contributed by atoms with Gasteiger partial charge in [-0.25, -0.2) is 12.8 Å². The first-order valence-electron chi connectivity index (χ1n) is 6.50. The lowest BCUT2D eigenvalue weighted by molar-refractivity contribution is 0.379. The fourth-order valence-corrected chi connectivity index (χ4v) is 4.79. The zero-order valence-corrected chi connectivity index (χ0v) is 13.1. The van der Waals surface area contributed by atoms with Gasteiger partial charge in [-0.15, -0.1) is 0 Å². The van der Waals surface area contributed by atoms with Crippen LogP contribution in [0.2, 0.25) is 5.02 Å². The summed E-state index contributed by atoms with van der Waals surface area (Å²) in [6, 6.07) is 2.29. The van der Waals surface area contributed by atoms with Crippen LogP contribution in [0.15, 0.2) is 17.0 Å². The molecule has 1 heterocycles. The molecule has 1 saturated heterocycles. The lowest BCUT2D eigenvalue weighted by Crippen LogP contribution is -2.40. The number of sulfonamides is 1. The van der Waals surface area contributed by atoms with E-state index in [1.165, 1.54) is 17.3 Å². The number of rotatable bonds is 4. The summed E-state index contributed by atoms with van der Waals surface area (Å²) in [6.45, 7) is 2.60. The first kappa shape index (κ1) is 15.7. The van der Waals surface area contributed by atoms with Crippen LogP contribution in [0, 0.1) is 12.7 Å². The van der Waals surface area contributed by atoms with Gasteiger partial charge in [-0.05, 0) is 44.5 Å². The van der Waals surface area contributed by atoms with Crippen LogP contribution in [0.5, 0.6) is 0 Å². The van der Waals surface area contributed by atoms with Gasteiger partial charge in [0.1, 0.15) is 10.7 Å². The number of halogens is 2. The SMILES string of the molecule is CNC[C@@H]1CCCN1S(=O)(=O)c1cc(C)c(F)cc1Cl. The van der Waals surface area contributed by atoms with Crippen LogP contribution in [-0.4, -0.2) is 38.9 Å². The van der Waals surface area contributed by atoms with Gasteiger partial charge in [0.05, 0.1) is 5.02 Å². The van der Waals surface area contributed by atoms with E-state index in [0.29, 0.717) is 13.1 Å². The van der Waals surface area contributed by atoms with E-state index in [4.69, 9.17) is 11.6 Å². The molecule has 0 saturated carbocycles. The zero-order chi connectivity index (χ0) is 14.9. The van der Waals surface area contributed by atoms with Crippen LogP contribution in [0.1, 0.15) is 18.4 Å². The minimum absolute atomic E-state index is 0.0129. The van der Waals surface area contributed by atoms with Crippen molar-refractivity contribution in [2.24, 2.45) is 0 Å². The topological polar surface area (TPSA) is 49.4 Å². The maximum Gasteiger partial charge on any atom is 0.244 e. The molecule has 0 bridgehead atoms. The van der Waals surface area contributed by atoms with Gasteiger partial charge >= 0.3 is 0 Å². The van der Waals surface area contributed by atoms with Crippen molar-refractivity contribution in [1.82, 2.24) is 9.62 Å². The third kappa shape index (κ3) is 2.83. The third-order valence-corrected chi connectivity index (χ3v) is 5.98. The maximum absolute atomic E-state index is 13.4. The Morgan fingerprint density at radius 1 is 1.50 bits per heavy atom. The molecular formula is C13H18ClFN2O2S. The summed E-state index contributed by atoms with van der Waals surface area (Å²) in [5, 5.41) is 2.93. The zero-order valence-electron chi connectivity index (χ0n) is 11.5. The molecule has 1 fully saturated rings. The van der Waals surface area contributed by atoms with Gasteiger partial charge in [-0.3, -0.25) is 0 Å². The highest BCUT2D eigenvalue weighted by atomic mass is 35.5. The Kier molecular flexibility index (Phi) is 4.69. The van der Waals surface area contributed by atoms with Crippen LogP contribution in [0.3, 0.4) is 0 Å². The molecule has 0 amide bonds. The Morgan fingerprint density at radius 2 is 2.20 bits per heavy atom. The lowest BCUT2D eigenvalue weighted by Gasteiger charge is -2.24. The van der Waals surface area contributed by atoms with E-state index in [2.05, 4.69) is 5.32 Å².